The van der Waals surface area contributed by atoms with Crippen LogP contribution in [0, 0.1) is 0 Å². The van der Waals surface area contributed by atoms with Crippen molar-refractivity contribution in [1.29, 1.82) is 0 Å². The van der Waals surface area contributed by atoms with E-state index in [0.29, 0.717) is 6.42 Å². The first-order chi connectivity index (χ1) is 9.79. The lowest BCUT2D eigenvalue weighted by Gasteiger charge is -2.15. The highest BCUT2D eigenvalue weighted by Gasteiger charge is 2.17. The zero-order chi connectivity index (χ0) is 13.9. The predicted octanol–water partition coefficient (Wildman–Crippen LogP) is 2.66. The van der Waals surface area contributed by atoms with E-state index < -0.39 is 0 Å². The lowest BCUT2D eigenvalue weighted by Crippen LogP contribution is -2.28. The number of amides is 1. The Morgan fingerprint density at radius 1 is 1.25 bits per heavy atom. The van der Waals surface area contributed by atoms with Gasteiger partial charge in [-0.15, -0.1) is 0 Å². The van der Waals surface area contributed by atoms with E-state index in [1.54, 1.807) is 7.11 Å². The van der Waals surface area contributed by atoms with Crippen LogP contribution in [-0.4, -0.2) is 35.6 Å². The van der Waals surface area contributed by atoms with Gasteiger partial charge in [-0.05, 0) is 31.0 Å². The SMILES string of the molecule is COc1cccc2c1ccn2CCC(=O)N1CCCC1. The number of ether oxygens (including phenoxy) is 1. The standard InChI is InChI=1S/C16H20N2O2/c1-20-15-6-4-5-14-13(15)7-11-17(14)12-8-16(19)18-9-2-3-10-18/h4-7,11H,2-3,8-10,12H2,1H3. The van der Waals surface area contributed by atoms with Crippen LogP contribution < -0.4 is 4.74 Å². The Labute approximate surface area is 118 Å². The average Bonchev–Trinajstić information content (AvgIpc) is 3.14. The zero-order valence-electron chi connectivity index (χ0n) is 11.8. The molecule has 1 aliphatic rings. The summed E-state index contributed by atoms with van der Waals surface area (Å²) in [7, 11) is 1.68. The van der Waals surface area contributed by atoms with E-state index in [4.69, 9.17) is 4.74 Å². The summed E-state index contributed by atoms with van der Waals surface area (Å²) >= 11 is 0. The molecule has 1 saturated heterocycles. The van der Waals surface area contributed by atoms with Crippen molar-refractivity contribution in [3.05, 3.63) is 30.5 Å². The molecular formula is C16H20N2O2. The van der Waals surface area contributed by atoms with Gasteiger partial charge in [-0.25, -0.2) is 0 Å². The van der Waals surface area contributed by atoms with Crippen molar-refractivity contribution in [2.75, 3.05) is 20.2 Å². The number of hydrogen-bond donors (Lipinski definition) is 0. The molecule has 0 radical (unpaired) electrons. The second-order valence-electron chi connectivity index (χ2n) is 5.24. The van der Waals surface area contributed by atoms with Gasteiger partial charge in [0, 0.05) is 37.6 Å². The number of carbonyl (C=O) groups is 1. The Hall–Kier alpha value is -1.97. The number of fused-ring (bicyclic) bond motifs is 1. The van der Waals surface area contributed by atoms with Gasteiger partial charge in [0.15, 0.2) is 0 Å². The average molecular weight is 272 g/mol. The first-order valence-electron chi connectivity index (χ1n) is 7.19. The Bertz CT molecular complexity index is 612. The van der Waals surface area contributed by atoms with Crippen molar-refractivity contribution in [2.45, 2.75) is 25.8 Å². The van der Waals surface area contributed by atoms with E-state index >= 15 is 0 Å². The first-order valence-corrected chi connectivity index (χ1v) is 7.19. The second kappa shape index (κ2) is 5.57. The summed E-state index contributed by atoms with van der Waals surface area (Å²) in [5.41, 5.74) is 1.12. The Morgan fingerprint density at radius 2 is 2.05 bits per heavy atom. The predicted molar refractivity (Wildman–Crippen MR) is 78.9 cm³/mol. The largest absolute Gasteiger partial charge is 0.496 e. The van der Waals surface area contributed by atoms with E-state index in [0.717, 1.165) is 49.1 Å². The van der Waals surface area contributed by atoms with E-state index in [1.165, 1.54) is 0 Å². The Kier molecular flexibility index (Phi) is 3.63. The monoisotopic (exact) mass is 272 g/mol. The maximum Gasteiger partial charge on any atom is 0.224 e. The number of aryl methyl sites for hydroxylation is 1. The number of likely N-dealkylation sites (tertiary alicyclic amines) is 1. The Balaban J connectivity index is 1.73. The summed E-state index contributed by atoms with van der Waals surface area (Å²) < 4.78 is 7.49. The number of rotatable bonds is 4. The van der Waals surface area contributed by atoms with Crippen LogP contribution in [0.25, 0.3) is 10.9 Å². The van der Waals surface area contributed by atoms with E-state index in [9.17, 15) is 4.79 Å². The van der Waals surface area contributed by atoms with Crippen molar-refractivity contribution in [1.82, 2.24) is 9.47 Å². The fourth-order valence-corrected chi connectivity index (χ4v) is 2.91. The molecule has 1 fully saturated rings. The molecule has 106 valence electrons. The summed E-state index contributed by atoms with van der Waals surface area (Å²) in [6.07, 6.45) is 4.90. The van der Waals surface area contributed by atoms with Crippen molar-refractivity contribution >= 4 is 16.8 Å². The van der Waals surface area contributed by atoms with Gasteiger partial charge in [-0.2, -0.15) is 0 Å². The van der Waals surface area contributed by atoms with Gasteiger partial charge < -0.3 is 14.2 Å². The van der Waals surface area contributed by atoms with Gasteiger partial charge in [-0.3, -0.25) is 4.79 Å². The molecule has 1 aromatic heterocycles. The highest BCUT2D eigenvalue weighted by Crippen LogP contribution is 2.26. The molecule has 3 rings (SSSR count). The normalized spacial score (nSPS) is 14.9. The summed E-state index contributed by atoms with van der Waals surface area (Å²) in [5.74, 6) is 1.15. The number of carbonyl (C=O) groups excluding carboxylic acids is 1. The molecule has 1 amide bonds. The molecule has 1 aliphatic heterocycles. The lowest BCUT2D eigenvalue weighted by atomic mass is 10.2. The molecule has 0 bridgehead atoms. The molecule has 0 N–H and O–H groups in total. The fourth-order valence-electron chi connectivity index (χ4n) is 2.91. The highest BCUT2D eigenvalue weighted by molar-refractivity contribution is 5.86. The van der Waals surface area contributed by atoms with Crippen LogP contribution in [0.1, 0.15) is 19.3 Å². The molecule has 0 unspecified atom stereocenters. The quantitative estimate of drug-likeness (QED) is 0.857. The zero-order valence-corrected chi connectivity index (χ0v) is 11.8. The van der Waals surface area contributed by atoms with E-state index in [-0.39, 0.29) is 5.91 Å². The minimum Gasteiger partial charge on any atom is -0.496 e. The molecule has 2 heterocycles. The van der Waals surface area contributed by atoms with Crippen molar-refractivity contribution in [3.63, 3.8) is 0 Å². The summed E-state index contributed by atoms with van der Waals surface area (Å²) in [6.45, 7) is 2.59. The van der Waals surface area contributed by atoms with Gasteiger partial charge in [0.25, 0.3) is 0 Å². The smallest absolute Gasteiger partial charge is 0.224 e. The minimum atomic E-state index is 0.271. The fraction of sp³-hybridized carbons (Fsp3) is 0.438. The molecule has 2 aromatic rings. The third-order valence-electron chi connectivity index (χ3n) is 4.02. The van der Waals surface area contributed by atoms with Crippen LogP contribution in [0.5, 0.6) is 5.75 Å². The van der Waals surface area contributed by atoms with Gasteiger partial charge >= 0.3 is 0 Å². The van der Waals surface area contributed by atoms with E-state index in [2.05, 4.69) is 16.7 Å². The summed E-state index contributed by atoms with van der Waals surface area (Å²) in [5, 5.41) is 1.10. The molecule has 4 nitrogen and oxygen atoms in total. The second-order valence-corrected chi connectivity index (χ2v) is 5.24. The summed E-state index contributed by atoms with van der Waals surface area (Å²) in [6, 6.07) is 8.06. The molecule has 0 spiro atoms. The van der Waals surface area contributed by atoms with Crippen LogP contribution in [0.15, 0.2) is 30.5 Å². The van der Waals surface area contributed by atoms with Crippen molar-refractivity contribution in [3.8, 4) is 5.75 Å². The van der Waals surface area contributed by atoms with Gasteiger partial charge in [-0.1, -0.05) is 6.07 Å². The molecule has 0 atom stereocenters. The number of benzene rings is 1. The number of nitrogens with zero attached hydrogens (tertiary/aromatic N) is 2. The van der Waals surface area contributed by atoms with Crippen LogP contribution in [0.2, 0.25) is 0 Å². The topological polar surface area (TPSA) is 34.5 Å². The summed E-state index contributed by atoms with van der Waals surface area (Å²) in [4.78, 5) is 14.1. The Morgan fingerprint density at radius 3 is 2.80 bits per heavy atom. The van der Waals surface area contributed by atoms with E-state index in [1.807, 2.05) is 23.2 Å². The minimum absolute atomic E-state index is 0.271. The maximum atomic E-state index is 12.1. The lowest BCUT2D eigenvalue weighted by molar-refractivity contribution is -0.130. The molecule has 0 aliphatic carbocycles. The van der Waals surface area contributed by atoms with Crippen LogP contribution >= 0.6 is 0 Å². The molecule has 20 heavy (non-hydrogen) atoms. The third kappa shape index (κ3) is 2.38. The molecule has 1 aromatic carbocycles. The number of hydrogen-bond acceptors (Lipinski definition) is 2. The van der Waals surface area contributed by atoms with Crippen LogP contribution in [0.4, 0.5) is 0 Å². The van der Waals surface area contributed by atoms with Gasteiger partial charge in [0.1, 0.15) is 5.75 Å². The maximum absolute atomic E-state index is 12.1. The van der Waals surface area contributed by atoms with Crippen molar-refractivity contribution < 1.29 is 9.53 Å². The number of methoxy groups -OCH3 is 1. The molecular weight excluding hydrogens is 252 g/mol. The highest BCUT2D eigenvalue weighted by atomic mass is 16.5. The van der Waals surface area contributed by atoms with Gasteiger partial charge in [0.05, 0.1) is 12.6 Å². The first kappa shape index (κ1) is 13.0. The third-order valence-corrected chi connectivity index (χ3v) is 4.02. The van der Waals surface area contributed by atoms with Crippen LogP contribution in [0.3, 0.4) is 0 Å². The molecule has 0 saturated carbocycles. The number of aromatic nitrogens is 1. The van der Waals surface area contributed by atoms with Crippen molar-refractivity contribution in [2.24, 2.45) is 0 Å². The van der Waals surface area contributed by atoms with Crippen LogP contribution in [-0.2, 0) is 11.3 Å². The molecule has 4 heteroatoms. The van der Waals surface area contributed by atoms with Gasteiger partial charge in [0.2, 0.25) is 5.91 Å².